The third-order valence-corrected chi connectivity index (χ3v) is 4.65. The molecule has 1 aliphatic heterocycles. The maximum absolute atomic E-state index is 13.3. The Morgan fingerprint density at radius 2 is 1.68 bits per heavy atom. The van der Waals surface area contributed by atoms with Gasteiger partial charge in [0.1, 0.15) is 0 Å². The van der Waals surface area contributed by atoms with Crippen LogP contribution in [0, 0.1) is 23.4 Å². The van der Waals surface area contributed by atoms with Gasteiger partial charge in [0.05, 0.1) is 6.10 Å². The zero-order valence-electron chi connectivity index (χ0n) is 13.7. The van der Waals surface area contributed by atoms with E-state index in [-0.39, 0.29) is 23.9 Å². The Morgan fingerprint density at radius 1 is 1.08 bits per heavy atom. The minimum Gasteiger partial charge on any atom is -0.391 e. The van der Waals surface area contributed by atoms with E-state index in [1.807, 2.05) is 6.92 Å². The second-order valence-electron chi connectivity index (χ2n) is 6.42. The molecule has 0 radical (unpaired) electrons. The highest BCUT2D eigenvalue weighted by Crippen LogP contribution is 2.25. The first-order valence-corrected chi connectivity index (χ1v) is 8.09. The first-order chi connectivity index (χ1) is 11.9. The largest absolute Gasteiger partial charge is 0.391 e. The van der Waals surface area contributed by atoms with E-state index in [0.717, 1.165) is 18.6 Å². The lowest BCUT2D eigenvalue weighted by Crippen LogP contribution is -2.45. The highest BCUT2D eigenvalue weighted by atomic mass is 19.2. The highest BCUT2D eigenvalue weighted by Gasteiger charge is 2.27. The van der Waals surface area contributed by atoms with Crippen molar-refractivity contribution >= 4 is 5.91 Å². The summed E-state index contributed by atoms with van der Waals surface area (Å²) in [5.74, 6) is -4.06. The van der Waals surface area contributed by atoms with Gasteiger partial charge < -0.3 is 10.0 Å². The SMILES string of the molecule is CC1CCN(C(=O)c2ccc(-c3cc(F)c(F)c(F)c3)cc2)CC1O. The van der Waals surface area contributed by atoms with E-state index in [4.69, 9.17) is 0 Å². The Bertz CT molecular complexity index is 769. The lowest BCUT2D eigenvalue weighted by Gasteiger charge is -2.34. The van der Waals surface area contributed by atoms with E-state index < -0.39 is 23.6 Å². The van der Waals surface area contributed by atoms with Gasteiger partial charge in [-0.25, -0.2) is 13.2 Å². The highest BCUT2D eigenvalue weighted by molar-refractivity contribution is 5.94. The third kappa shape index (κ3) is 3.54. The van der Waals surface area contributed by atoms with Crippen molar-refractivity contribution in [1.82, 2.24) is 4.90 Å². The molecule has 2 atom stereocenters. The molecule has 3 rings (SSSR count). The quantitative estimate of drug-likeness (QED) is 0.842. The summed E-state index contributed by atoms with van der Waals surface area (Å²) in [6.07, 6.45) is 0.196. The van der Waals surface area contributed by atoms with Gasteiger partial charge in [0.25, 0.3) is 5.91 Å². The van der Waals surface area contributed by atoms with Crippen LogP contribution in [0.15, 0.2) is 36.4 Å². The summed E-state index contributed by atoms with van der Waals surface area (Å²) in [7, 11) is 0. The molecule has 0 saturated carbocycles. The average molecular weight is 349 g/mol. The van der Waals surface area contributed by atoms with Crippen molar-refractivity contribution in [3.63, 3.8) is 0 Å². The van der Waals surface area contributed by atoms with Crippen LogP contribution in [0.3, 0.4) is 0 Å². The molecule has 0 spiro atoms. The normalized spacial score (nSPS) is 20.6. The second-order valence-corrected chi connectivity index (χ2v) is 6.42. The van der Waals surface area contributed by atoms with Gasteiger partial charge in [-0.1, -0.05) is 19.1 Å². The Morgan fingerprint density at radius 3 is 2.24 bits per heavy atom. The number of nitrogens with zero attached hydrogens (tertiary/aromatic N) is 1. The van der Waals surface area contributed by atoms with Crippen molar-refractivity contribution in [3.8, 4) is 11.1 Å². The lowest BCUT2D eigenvalue weighted by atomic mass is 9.95. The van der Waals surface area contributed by atoms with E-state index in [2.05, 4.69) is 0 Å². The number of piperidine rings is 1. The molecule has 2 aromatic carbocycles. The van der Waals surface area contributed by atoms with E-state index in [0.29, 0.717) is 17.7 Å². The fourth-order valence-corrected chi connectivity index (χ4v) is 2.94. The van der Waals surface area contributed by atoms with E-state index >= 15 is 0 Å². The molecule has 2 aromatic rings. The number of β-amino-alcohol motifs (C(OH)–C–C–N with tert-alkyl or cyclic N) is 1. The molecule has 0 aliphatic carbocycles. The summed E-state index contributed by atoms with van der Waals surface area (Å²) < 4.78 is 39.7. The Balaban J connectivity index is 1.79. The molecule has 132 valence electrons. The van der Waals surface area contributed by atoms with Gasteiger partial charge in [-0.2, -0.15) is 0 Å². The van der Waals surface area contributed by atoms with Crippen LogP contribution in [-0.2, 0) is 0 Å². The molecular weight excluding hydrogens is 331 g/mol. The van der Waals surface area contributed by atoms with Crippen molar-refractivity contribution in [2.45, 2.75) is 19.4 Å². The standard InChI is InChI=1S/C19H18F3NO2/c1-11-6-7-23(10-17(11)24)19(25)13-4-2-12(3-5-13)14-8-15(20)18(22)16(21)9-14/h2-5,8-9,11,17,24H,6-7,10H2,1H3. The number of benzene rings is 2. The van der Waals surface area contributed by atoms with Gasteiger partial charge >= 0.3 is 0 Å². The van der Waals surface area contributed by atoms with Crippen LogP contribution in [-0.4, -0.2) is 35.1 Å². The molecule has 1 heterocycles. The number of amides is 1. The molecule has 3 nitrogen and oxygen atoms in total. The maximum atomic E-state index is 13.3. The minimum absolute atomic E-state index is 0.162. The van der Waals surface area contributed by atoms with Crippen LogP contribution >= 0.6 is 0 Å². The number of hydrogen-bond donors (Lipinski definition) is 1. The maximum Gasteiger partial charge on any atom is 0.253 e. The first-order valence-electron chi connectivity index (χ1n) is 8.09. The number of carbonyl (C=O) groups excluding carboxylic acids is 1. The Hall–Kier alpha value is -2.34. The predicted octanol–water partition coefficient (Wildman–Crippen LogP) is 3.61. The number of aliphatic hydroxyl groups excluding tert-OH is 1. The van der Waals surface area contributed by atoms with Crippen molar-refractivity contribution < 1.29 is 23.1 Å². The van der Waals surface area contributed by atoms with Gasteiger partial charge in [0.2, 0.25) is 0 Å². The van der Waals surface area contributed by atoms with Crippen molar-refractivity contribution in [1.29, 1.82) is 0 Å². The molecule has 0 bridgehead atoms. The average Bonchev–Trinajstić information content (AvgIpc) is 2.61. The number of halogens is 3. The van der Waals surface area contributed by atoms with Gasteiger partial charge in [-0.15, -0.1) is 0 Å². The molecule has 1 N–H and O–H groups in total. The Kier molecular flexibility index (Phi) is 4.81. The summed E-state index contributed by atoms with van der Waals surface area (Å²) in [5, 5.41) is 9.92. The lowest BCUT2D eigenvalue weighted by molar-refractivity contribution is 0.0248. The molecule has 2 unspecified atom stereocenters. The molecule has 1 aliphatic rings. The second kappa shape index (κ2) is 6.88. The Labute approximate surface area is 143 Å². The number of rotatable bonds is 2. The summed E-state index contributed by atoms with van der Waals surface area (Å²) in [4.78, 5) is 14.1. The monoisotopic (exact) mass is 349 g/mol. The molecule has 1 amide bonds. The third-order valence-electron chi connectivity index (χ3n) is 4.65. The van der Waals surface area contributed by atoms with E-state index in [1.165, 1.54) is 0 Å². The van der Waals surface area contributed by atoms with Crippen LogP contribution < -0.4 is 0 Å². The van der Waals surface area contributed by atoms with Gasteiger partial charge in [-0.05, 0) is 47.7 Å². The summed E-state index contributed by atoms with van der Waals surface area (Å²) in [5.41, 5.74) is 1.09. The number of aliphatic hydroxyl groups is 1. The predicted molar refractivity (Wildman–Crippen MR) is 87.4 cm³/mol. The molecule has 25 heavy (non-hydrogen) atoms. The van der Waals surface area contributed by atoms with Crippen LogP contribution in [0.25, 0.3) is 11.1 Å². The van der Waals surface area contributed by atoms with E-state index in [1.54, 1.807) is 29.2 Å². The first kappa shape index (κ1) is 17.5. The van der Waals surface area contributed by atoms with Crippen molar-refractivity contribution in [2.24, 2.45) is 5.92 Å². The zero-order chi connectivity index (χ0) is 18.1. The zero-order valence-corrected chi connectivity index (χ0v) is 13.7. The van der Waals surface area contributed by atoms with Crippen LogP contribution in [0.1, 0.15) is 23.7 Å². The minimum atomic E-state index is -1.51. The summed E-state index contributed by atoms with van der Waals surface area (Å²) >= 11 is 0. The number of hydrogen-bond acceptors (Lipinski definition) is 2. The summed E-state index contributed by atoms with van der Waals surface area (Å²) in [6.45, 7) is 2.81. The fourth-order valence-electron chi connectivity index (χ4n) is 2.94. The molecule has 1 saturated heterocycles. The van der Waals surface area contributed by atoms with E-state index in [9.17, 15) is 23.1 Å². The molecular formula is C19H18F3NO2. The topological polar surface area (TPSA) is 40.5 Å². The molecule has 6 heteroatoms. The van der Waals surface area contributed by atoms with Crippen LogP contribution in [0.5, 0.6) is 0 Å². The molecule has 1 fully saturated rings. The van der Waals surface area contributed by atoms with Crippen molar-refractivity contribution in [2.75, 3.05) is 13.1 Å². The van der Waals surface area contributed by atoms with Crippen LogP contribution in [0.4, 0.5) is 13.2 Å². The number of likely N-dealkylation sites (tertiary alicyclic amines) is 1. The smallest absolute Gasteiger partial charge is 0.253 e. The van der Waals surface area contributed by atoms with Gasteiger partial charge in [-0.3, -0.25) is 4.79 Å². The van der Waals surface area contributed by atoms with Gasteiger partial charge in [0.15, 0.2) is 17.5 Å². The van der Waals surface area contributed by atoms with Crippen molar-refractivity contribution in [3.05, 3.63) is 59.4 Å². The molecule has 0 aromatic heterocycles. The van der Waals surface area contributed by atoms with Crippen LogP contribution in [0.2, 0.25) is 0 Å². The van der Waals surface area contributed by atoms with Gasteiger partial charge in [0, 0.05) is 18.7 Å². The fraction of sp³-hybridized carbons (Fsp3) is 0.316. The number of carbonyl (C=O) groups is 1. The summed E-state index contributed by atoms with van der Waals surface area (Å²) in [6, 6.07) is 8.06.